The Balaban J connectivity index is -0.00000000750. The van der Waals surface area contributed by atoms with Gasteiger partial charge in [-0.25, -0.2) is 0 Å². The third-order valence-electron chi connectivity index (χ3n) is 0. The molecular weight excluding hydrogens is 478 g/mol. The van der Waals surface area contributed by atoms with Crippen LogP contribution in [0.15, 0.2) is 0 Å². The van der Waals surface area contributed by atoms with Gasteiger partial charge < -0.3 is 37.2 Å². The van der Waals surface area contributed by atoms with E-state index in [9.17, 15) is 0 Å². The molecule has 8 heteroatoms. The molecule has 0 aliphatic heterocycles. The van der Waals surface area contributed by atoms with Crippen LogP contribution in [-0.2, 0) is 17.1 Å². The molecule has 8 heavy (non-hydrogen) atoms. The Morgan fingerprint density at radius 3 is 0.750 bits per heavy atom. The van der Waals surface area contributed by atoms with Gasteiger partial charge in [0.25, 0.3) is 0 Å². The Morgan fingerprint density at radius 1 is 0.750 bits per heavy atom. The van der Waals surface area contributed by atoms with E-state index in [4.69, 9.17) is 25.5 Å². The van der Waals surface area contributed by atoms with Crippen molar-refractivity contribution in [2.24, 2.45) is 0 Å². The van der Waals surface area contributed by atoms with Crippen molar-refractivity contribution in [2.75, 3.05) is 0 Å². The number of rotatable bonds is 0. The topological polar surface area (TPSA) is 0 Å². The van der Waals surface area contributed by atoms with Crippen LogP contribution in [0, 0.1) is 0 Å². The zero-order valence-corrected chi connectivity index (χ0v) is 12.2. The molecule has 0 aromatic rings. The van der Waals surface area contributed by atoms with E-state index in [1.807, 2.05) is 0 Å². The molecule has 0 spiro atoms. The van der Waals surface area contributed by atoms with Gasteiger partial charge in [0.2, 0.25) is 0 Å². The summed E-state index contributed by atoms with van der Waals surface area (Å²) in [6.07, 6.45) is 0. The first kappa shape index (κ1) is 30.4. The van der Waals surface area contributed by atoms with E-state index in [1.54, 1.807) is 0 Å². The maximum atomic E-state index is 5.01. The second kappa shape index (κ2) is 22.5. The standard InChI is InChI=1S/Bi.6ClH.Fe/h;6*1H;/q+3;;;;;;;+3/p-6. The van der Waals surface area contributed by atoms with Crippen LogP contribution in [0.5, 0.6) is 0 Å². The molecule has 0 N–H and O–H groups in total. The Morgan fingerprint density at radius 2 is 0.750 bits per heavy atom. The summed E-state index contributed by atoms with van der Waals surface area (Å²) in [5.41, 5.74) is 0. The largest absolute Gasteiger partial charge is 3.00 e. The minimum absolute atomic E-state index is 0. The van der Waals surface area contributed by atoms with Crippen molar-refractivity contribution in [3.05, 3.63) is 0 Å². The van der Waals surface area contributed by atoms with Crippen LogP contribution in [0.2, 0.25) is 0 Å². The van der Waals surface area contributed by atoms with Crippen molar-refractivity contribution < 1.29 is 54.3 Å². The average Bonchev–Trinajstić information content (AvgIpc) is 0.811. The summed E-state index contributed by atoms with van der Waals surface area (Å²) in [6, 6.07) is 0. The van der Waals surface area contributed by atoms with Gasteiger partial charge in [-0.05, 0) is 0 Å². The zero-order chi connectivity index (χ0) is 3.58. The molecule has 0 nitrogen and oxygen atoms in total. The summed E-state index contributed by atoms with van der Waals surface area (Å²) in [7, 11) is 15.0. The molecule has 0 aliphatic carbocycles. The van der Waals surface area contributed by atoms with Crippen LogP contribution in [0.4, 0.5) is 0 Å². The maximum absolute atomic E-state index is 5.01. The van der Waals surface area contributed by atoms with Crippen molar-refractivity contribution >= 4 is 43.7 Å². The smallest absolute Gasteiger partial charge is 3.00 e. The van der Waals surface area contributed by atoms with Crippen LogP contribution in [0.1, 0.15) is 0 Å². The van der Waals surface area contributed by atoms with Gasteiger partial charge in [0.1, 0.15) is 0 Å². The first-order valence-electron chi connectivity index (χ1n) is 0.507. The monoisotopic (exact) mass is 475 g/mol. The normalized spacial score (nSPS) is 4.50. The van der Waals surface area contributed by atoms with Crippen molar-refractivity contribution in [1.29, 1.82) is 0 Å². The van der Waals surface area contributed by atoms with Crippen LogP contribution in [0.3, 0.4) is 0 Å². The van der Waals surface area contributed by atoms with Crippen LogP contribution in [-0.4, -0.2) is 18.2 Å². The Bertz CT molecular complexity index is 13.2. The summed E-state index contributed by atoms with van der Waals surface area (Å²) in [6.45, 7) is 0. The molecule has 0 rings (SSSR count). The molecule has 0 bridgehead atoms. The van der Waals surface area contributed by atoms with Crippen molar-refractivity contribution in [3.63, 3.8) is 0 Å². The van der Waals surface area contributed by atoms with E-state index in [0.717, 1.165) is 0 Å². The number of hydrogen-bond donors (Lipinski definition) is 0. The molecule has 0 aliphatic rings. The molecule has 0 heterocycles. The third-order valence-corrected chi connectivity index (χ3v) is 0. The van der Waals surface area contributed by atoms with Gasteiger partial charge in [0.15, 0.2) is 0 Å². The van der Waals surface area contributed by atoms with Gasteiger partial charge in [0.05, 0.1) is 0 Å². The van der Waals surface area contributed by atoms with Crippen LogP contribution < -0.4 is 37.2 Å². The van der Waals surface area contributed by atoms with E-state index >= 15 is 0 Å². The zero-order valence-electron chi connectivity index (χ0n) is 3.07. The Hall–Kier alpha value is 3.14. The molecule has 55 valence electrons. The first-order chi connectivity index (χ1) is 1.73. The predicted molar refractivity (Wildman–Crippen MR) is 23.3 cm³/mol. The molecule has 0 saturated heterocycles. The molecular formula is BiCl6Fe. The van der Waals surface area contributed by atoms with Gasteiger partial charge in [-0.3, -0.25) is 0 Å². The molecule has 0 unspecified atom stereocenters. The van der Waals surface area contributed by atoms with E-state index in [2.05, 4.69) is 0 Å². The SMILES string of the molecule is [Cl-].[Cl-].[Cl-].[Cl][Bi]([Cl])[Cl].[Fe+3]. The van der Waals surface area contributed by atoms with E-state index < -0.39 is 18.2 Å². The van der Waals surface area contributed by atoms with E-state index in [1.165, 1.54) is 0 Å². The first-order valence-corrected chi connectivity index (χ1v) is 13.3. The second-order valence-corrected chi connectivity index (χ2v) is 15.1. The Labute approximate surface area is 96.4 Å². The summed E-state index contributed by atoms with van der Waals surface area (Å²) in [4.78, 5) is 0. The van der Waals surface area contributed by atoms with Crippen molar-refractivity contribution in [3.8, 4) is 0 Å². The molecule has 0 aromatic carbocycles. The molecule has 0 amide bonds. The van der Waals surface area contributed by atoms with Gasteiger partial charge in [-0.2, -0.15) is 0 Å². The Kier molecular flexibility index (Phi) is 85.3. The van der Waals surface area contributed by atoms with E-state index in [0.29, 0.717) is 0 Å². The minimum atomic E-state index is -2.18. The van der Waals surface area contributed by atoms with E-state index in [-0.39, 0.29) is 54.3 Å². The minimum Gasteiger partial charge on any atom is 3.00 e. The third kappa shape index (κ3) is 61.4. The van der Waals surface area contributed by atoms with Gasteiger partial charge in [0, 0.05) is 0 Å². The molecule has 1 radical (unpaired) electrons. The van der Waals surface area contributed by atoms with Crippen molar-refractivity contribution in [2.45, 2.75) is 0 Å². The molecule has 0 aromatic heterocycles. The van der Waals surface area contributed by atoms with Gasteiger partial charge in [-0.1, -0.05) is 0 Å². The molecule has 0 saturated carbocycles. The summed E-state index contributed by atoms with van der Waals surface area (Å²) in [5, 5.41) is 0. The fourth-order valence-corrected chi connectivity index (χ4v) is 0. The number of hydrogen-bond acceptors (Lipinski definition) is 0. The summed E-state index contributed by atoms with van der Waals surface area (Å²) >= 11 is -2.18. The predicted octanol–water partition coefficient (Wildman–Crippen LogP) is -7.30. The maximum Gasteiger partial charge on any atom is 3.00 e. The number of halogens is 6. The fraction of sp³-hybridized carbons (Fsp3) is 0. The molecule has 0 atom stereocenters. The molecule has 0 fully saturated rings. The summed E-state index contributed by atoms with van der Waals surface area (Å²) in [5.74, 6) is 0. The quantitative estimate of drug-likeness (QED) is 0.305. The average molecular weight is 478 g/mol. The summed E-state index contributed by atoms with van der Waals surface area (Å²) < 4.78 is 0. The van der Waals surface area contributed by atoms with Crippen molar-refractivity contribution in [1.82, 2.24) is 0 Å². The fourth-order valence-electron chi connectivity index (χ4n) is 0. The van der Waals surface area contributed by atoms with Gasteiger partial charge in [-0.15, -0.1) is 0 Å². The van der Waals surface area contributed by atoms with Crippen LogP contribution >= 0.6 is 25.5 Å². The van der Waals surface area contributed by atoms with Crippen LogP contribution in [0.25, 0.3) is 0 Å². The van der Waals surface area contributed by atoms with Gasteiger partial charge >= 0.3 is 60.8 Å². The second-order valence-electron chi connectivity index (χ2n) is 0.192.